The summed E-state index contributed by atoms with van der Waals surface area (Å²) in [4.78, 5) is 12.3. The highest BCUT2D eigenvalue weighted by atomic mass is 35.5. The second-order valence-electron chi connectivity index (χ2n) is 3.21. The topological polar surface area (TPSA) is 42.1 Å². The fraction of sp³-hybridized carbons (Fsp3) is 0.250. The van der Waals surface area contributed by atoms with Crippen LogP contribution in [0.1, 0.15) is 12.5 Å². The van der Waals surface area contributed by atoms with Gasteiger partial charge in [0.25, 0.3) is 6.47 Å². The zero-order valence-electron chi connectivity index (χ0n) is 9.29. The Balaban J connectivity index is 0.000000221. The van der Waals surface area contributed by atoms with Gasteiger partial charge in [0.1, 0.15) is 0 Å². The highest BCUT2D eigenvalue weighted by Gasteiger charge is 1.98. The number of nitrogens with one attached hydrogen (secondary N) is 1. The maximum atomic E-state index is 9.18. The van der Waals surface area contributed by atoms with Crippen LogP contribution in [-0.4, -0.2) is 18.1 Å². The van der Waals surface area contributed by atoms with E-state index in [1.165, 1.54) is 10.9 Å². The van der Waals surface area contributed by atoms with Crippen molar-refractivity contribution in [1.82, 2.24) is 4.98 Å². The minimum absolute atomic E-state index is 0.431. The Morgan fingerprint density at radius 3 is 2.81 bits per heavy atom. The van der Waals surface area contributed by atoms with Crippen LogP contribution in [0.5, 0.6) is 0 Å². The van der Waals surface area contributed by atoms with E-state index in [1.807, 2.05) is 24.4 Å². The predicted octanol–water partition coefficient (Wildman–Crippen LogP) is 3.31. The molecule has 16 heavy (non-hydrogen) atoms. The Labute approximate surface area is 99.4 Å². The summed E-state index contributed by atoms with van der Waals surface area (Å²) in [5.74, 6) is 0. The van der Waals surface area contributed by atoms with Crippen LogP contribution < -0.4 is 0 Å². The Kier molecular flexibility index (Phi) is 4.86. The van der Waals surface area contributed by atoms with Crippen LogP contribution in [0.3, 0.4) is 0 Å². The lowest BCUT2D eigenvalue weighted by Crippen LogP contribution is -1.80. The zero-order valence-corrected chi connectivity index (χ0v) is 10.0. The zero-order chi connectivity index (χ0) is 12.0. The third kappa shape index (κ3) is 3.28. The van der Waals surface area contributed by atoms with Gasteiger partial charge in [-0.15, -0.1) is 0 Å². The molecule has 0 saturated carbocycles. The number of H-pyrrole nitrogens is 1. The van der Waals surface area contributed by atoms with Crippen LogP contribution in [0.2, 0.25) is 5.02 Å². The van der Waals surface area contributed by atoms with Gasteiger partial charge in [0.2, 0.25) is 0 Å². The van der Waals surface area contributed by atoms with E-state index >= 15 is 0 Å². The van der Waals surface area contributed by atoms with Gasteiger partial charge in [-0.1, -0.05) is 11.6 Å². The van der Waals surface area contributed by atoms with E-state index in [4.69, 9.17) is 11.6 Å². The maximum Gasteiger partial charge on any atom is 0.293 e. The van der Waals surface area contributed by atoms with Crippen molar-refractivity contribution in [3.63, 3.8) is 0 Å². The van der Waals surface area contributed by atoms with E-state index in [1.54, 1.807) is 6.92 Å². The van der Waals surface area contributed by atoms with Crippen LogP contribution in [-0.2, 0) is 9.53 Å². The standard InChI is InChI=1S/C9H8ClN.C3H6O2/c1-6-5-11-9-3-2-7(10)4-8(6)9;1-2-5-3-4/h2-5,11H,1H3;3H,2H2,1H3. The first-order chi connectivity index (χ1) is 7.69. The monoisotopic (exact) mass is 239 g/mol. The number of aromatic amines is 1. The van der Waals surface area contributed by atoms with Crippen molar-refractivity contribution in [2.24, 2.45) is 0 Å². The Morgan fingerprint density at radius 1 is 1.50 bits per heavy atom. The average Bonchev–Trinajstić information content (AvgIpc) is 2.63. The van der Waals surface area contributed by atoms with Crippen molar-refractivity contribution < 1.29 is 9.53 Å². The molecule has 1 N–H and O–H groups in total. The normalized spacial score (nSPS) is 9.44. The van der Waals surface area contributed by atoms with Crippen molar-refractivity contribution in [2.75, 3.05) is 6.61 Å². The second-order valence-corrected chi connectivity index (χ2v) is 3.65. The molecule has 0 radical (unpaired) electrons. The summed E-state index contributed by atoms with van der Waals surface area (Å²) >= 11 is 5.83. The van der Waals surface area contributed by atoms with E-state index in [0.29, 0.717) is 13.1 Å². The van der Waals surface area contributed by atoms with Gasteiger partial charge in [-0.2, -0.15) is 0 Å². The van der Waals surface area contributed by atoms with Gasteiger partial charge in [0.05, 0.1) is 6.61 Å². The summed E-state index contributed by atoms with van der Waals surface area (Å²) in [6.45, 7) is 4.73. The molecule has 0 amide bonds. The van der Waals surface area contributed by atoms with Crippen LogP contribution in [0.25, 0.3) is 10.9 Å². The number of fused-ring (bicyclic) bond motifs is 1. The van der Waals surface area contributed by atoms with E-state index in [9.17, 15) is 4.79 Å². The number of carbonyl (C=O) groups excluding carboxylic acids is 1. The molecule has 0 aliphatic carbocycles. The largest absolute Gasteiger partial charge is 0.468 e. The molecule has 1 aromatic carbocycles. The number of halogens is 1. The number of aryl methyl sites for hydroxylation is 1. The van der Waals surface area contributed by atoms with Crippen LogP contribution >= 0.6 is 11.6 Å². The molecule has 4 heteroatoms. The van der Waals surface area contributed by atoms with E-state index in [2.05, 4.69) is 16.6 Å². The maximum absolute atomic E-state index is 9.18. The molecular formula is C12H14ClNO2. The molecule has 0 unspecified atom stereocenters. The summed E-state index contributed by atoms with van der Waals surface area (Å²) in [6.07, 6.45) is 1.99. The van der Waals surface area contributed by atoms with Crippen molar-refractivity contribution in [3.8, 4) is 0 Å². The highest BCUT2D eigenvalue weighted by molar-refractivity contribution is 6.31. The van der Waals surface area contributed by atoms with Crippen LogP contribution in [0.4, 0.5) is 0 Å². The predicted molar refractivity (Wildman–Crippen MR) is 65.7 cm³/mol. The first-order valence-corrected chi connectivity index (χ1v) is 5.35. The van der Waals surface area contributed by atoms with Crippen molar-refractivity contribution in [1.29, 1.82) is 0 Å². The molecule has 0 spiro atoms. The van der Waals surface area contributed by atoms with Crippen molar-refractivity contribution in [2.45, 2.75) is 13.8 Å². The molecule has 3 nitrogen and oxygen atoms in total. The molecule has 86 valence electrons. The number of benzene rings is 1. The fourth-order valence-electron chi connectivity index (χ4n) is 1.30. The fourth-order valence-corrected chi connectivity index (χ4v) is 1.47. The quantitative estimate of drug-likeness (QED) is 0.817. The molecule has 0 aliphatic heterocycles. The minimum atomic E-state index is 0.431. The average molecular weight is 240 g/mol. The molecule has 1 aromatic heterocycles. The van der Waals surface area contributed by atoms with Gasteiger partial charge in [-0.3, -0.25) is 4.79 Å². The minimum Gasteiger partial charge on any atom is -0.468 e. The molecule has 0 atom stereocenters. The van der Waals surface area contributed by atoms with Crippen molar-refractivity contribution in [3.05, 3.63) is 35.0 Å². The number of hydrogen-bond acceptors (Lipinski definition) is 2. The Bertz CT molecular complexity index is 465. The number of carbonyl (C=O) groups is 1. The molecule has 0 fully saturated rings. The van der Waals surface area contributed by atoms with E-state index in [0.717, 1.165) is 10.5 Å². The van der Waals surface area contributed by atoms with Gasteiger partial charge >= 0.3 is 0 Å². The number of hydrogen-bond donors (Lipinski definition) is 1. The number of ether oxygens (including phenoxy) is 1. The molecule has 0 saturated heterocycles. The van der Waals surface area contributed by atoms with Gasteiger partial charge in [0.15, 0.2) is 0 Å². The van der Waals surface area contributed by atoms with Gasteiger partial charge < -0.3 is 9.72 Å². The third-order valence-electron chi connectivity index (χ3n) is 2.09. The number of aromatic nitrogens is 1. The molecular weight excluding hydrogens is 226 g/mol. The SMILES string of the molecule is CCOC=O.Cc1c[nH]c2ccc(Cl)cc12. The molecule has 2 aromatic rings. The second kappa shape index (κ2) is 6.18. The van der Waals surface area contributed by atoms with Gasteiger partial charge in [-0.05, 0) is 37.6 Å². The first-order valence-electron chi connectivity index (χ1n) is 4.97. The summed E-state index contributed by atoms with van der Waals surface area (Å²) in [5.41, 5.74) is 2.38. The van der Waals surface area contributed by atoms with E-state index < -0.39 is 0 Å². The lowest BCUT2D eigenvalue weighted by Gasteiger charge is -1.91. The molecule has 1 heterocycles. The third-order valence-corrected chi connectivity index (χ3v) is 2.32. The van der Waals surface area contributed by atoms with Crippen LogP contribution in [0, 0.1) is 6.92 Å². The van der Waals surface area contributed by atoms with Crippen molar-refractivity contribution >= 4 is 29.0 Å². The van der Waals surface area contributed by atoms with Gasteiger partial charge in [0, 0.05) is 22.1 Å². The summed E-state index contributed by atoms with van der Waals surface area (Å²) < 4.78 is 4.15. The summed E-state index contributed by atoms with van der Waals surface area (Å²) in [5, 5.41) is 2.00. The van der Waals surface area contributed by atoms with Gasteiger partial charge in [-0.25, -0.2) is 0 Å². The summed E-state index contributed by atoms with van der Waals surface area (Å²) in [6, 6.07) is 5.85. The Morgan fingerprint density at radius 2 is 2.25 bits per heavy atom. The highest BCUT2D eigenvalue weighted by Crippen LogP contribution is 2.21. The lowest BCUT2D eigenvalue weighted by atomic mass is 10.2. The van der Waals surface area contributed by atoms with E-state index in [-0.39, 0.29) is 0 Å². The number of rotatable bonds is 2. The first kappa shape index (κ1) is 12.6. The lowest BCUT2D eigenvalue weighted by molar-refractivity contribution is -0.128. The Hall–Kier alpha value is -1.48. The molecule has 2 rings (SSSR count). The molecule has 0 aliphatic rings. The molecule has 0 bridgehead atoms. The smallest absolute Gasteiger partial charge is 0.293 e. The summed E-state index contributed by atoms with van der Waals surface area (Å²) in [7, 11) is 0. The van der Waals surface area contributed by atoms with Crippen LogP contribution in [0.15, 0.2) is 24.4 Å².